The van der Waals surface area contributed by atoms with Crippen LogP contribution in [-0.4, -0.2) is 24.4 Å². The van der Waals surface area contributed by atoms with Crippen LogP contribution in [0.3, 0.4) is 0 Å². The molecule has 1 atom stereocenters. The number of unbranched alkanes of at least 4 members (excludes halogenated alkanes) is 11. The highest BCUT2D eigenvalue weighted by molar-refractivity contribution is 5.60. The third-order valence-electron chi connectivity index (χ3n) is 6.20. The first-order chi connectivity index (χ1) is 16.7. The molecule has 1 heterocycles. The molecule has 0 aliphatic heterocycles. The van der Waals surface area contributed by atoms with Crippen molar-refractivity contribution >= 4 is 0 Å². The fourth-order valence-corrected chi connectivity index (χ4v) is 4.02. The van der Waals surface area contributed by atoms with Crippen molar-refractivity contribution in [3.8, 4) is 22.8 Å². The van der Waals surface area contributed by atoms with Crippen molar-refractivity contribution in [2.45, 2.75) is 110 Å². The maximum Gasteiger partial charge on any atom is 0.137 e. The van der Waals surface area contributed by atoms with Gasteiger partial charge in [0.15, 0.2) is 0 Å². The van der Waals surface area contributed by atoms with E-state index in [1.807, 2.05) is 36.4 Å². The lowest BCUT2D eigenvalue weighted by atomic mass is 10.1. The van der Waals surface area contributed by atoms with Gasteiger partial charge in [0.05, 0.1) is 18.5 Å². The van der Waals surface area contributed by atoms with Crippen LogP contribution in [-0.2, 0) is 0 Å². The highest BCUT2D eigenvalue weighted by Crippen LogP contribution is 2.23. The average Bonchev–Trinajstić information content (AvgIpc) is 2.87. The van der Waals surface area contributed by atoms with E-state index in [1.54, 1.807) is 6.20 Å². The molecule has 0 N–H and O–H groups in total. The SMILES string of the molecule is CCCCCCCCCCCOc1ccc(-c2ccc(OCC(F)CCCCCC)cn2)cc1. The zero-order chi connectivity index (χ0) is 24.3. The first-order valence-electron chi connectivity index (χ1n) is 13.7. The quantitative estimate of drug-likeness (QED) is 0.180. The van der Waals surface area contributed by atoms with Crippen LogP contribution < -0.4 is 9.47 Å². The maximum absolute atomic E-state index is 14.0. The molecule has 1 aromatic carbocycles. The van der Waals surface area contributed by atoms with E-state index in [0.717, 1.165) is 42.9 Å². The van der Waals surface area contributed by atoms with Gasteiger partial charge in [-0.15, -0.1) is 0 Å². The minimum atomic E-state index is -0.917. The Hall–Kier alpha value is -2.10. The van der Waals surface area contributed by atoms with Crippen molar-refractivity contribution in [3.63, 3.8) is 0 Å². The van der Waals surface area contributed by atoms with Crippen LogP contribution in [0.25, 0.3) is 11.3 Å². The molecule has 0 bridgehead atoms. The van der Waals surface area contributed by atoms with Crippen LogP contribution in [0.2, 0.25) is 0 Å². The molecule has 34 heavy (non-hydrogen) atoms. The predicted octanol–water partition coefficient (Wildman–Crippen LogP) is 9.35. The summed E-state index contributed by atoms with van der Waals surface area (Å²) >= 11 is 0. The largest absolute Gasteiger partial charge is 0.494 e. The van der Waals surface area contributed by atoms with Gasteiger partial charge in [-0.3, -0.25) is 4.98 Å². The Labute approximate surface area is 207 Å². The summed E-state index contributed by atoms with van der Waals surface area (Å²) in [5, 5.41) is 0. The van der Waals surface area contributed by atoms with Gasteiger partial charge in [0, 0.05) is 5.56 Å². The summed E-state index contributed by atoms with van der Waals surface area (Å²) in [4.78, 5) is 4.48. The fraction of sp³-hybridized carbons (Fsp3) is 0.633. The smallest absolute Gasteiger partial charge is 0.137 e. The van der Waals surface area contributed by atoms with Gasteiger partial charge in [0.25, 0.3) is 0 Å². The zero-order valence-electron chi connectivity index (χ0n) is 21.6. The van der Waals surface area contributed by atoms with Gasteiger partial charge in [-0.1, -0.05) is 90.9 Å². The Morgan fingerprint density at radius 1 is 0.676 bits per heavy atom. The number of ether oxygens (including phenoxy) is 2. The summed E-state index contributed by atoms with van der Waals surface area (Å²) in [6, 6.07) is 11.8. The highest BCUT2D eigenvalue weighted by atomic mass is 19.1. The number of nitrogens with zero attached hydrogens (tertiary/aromatic N) is 1. The fourth-order valence-electron chi connectivity index (χ4n) is 4.02. The van der Waals surface area contributed by atoms with E-state index >= 15 is 0 Å². The molecule has 0 saturated heterocycles. The Bertz CT molecular complexity index is 732. The number of benzene rings is 1. The van der Waals surface area contributed by atoms with Crippen molar-refractivity contribution in [3.05, 3.63) is 42.6 Å². The zero-order valence-corrected chi connectivity index (χ0v) is 21.6. The van der Waals surface area contributed by atoms with E-state index in [9.17, 15) is 4.39 Å². The Morgan fingerprint density at radius 2 is 1.26 bits per heavy atom. The number of hydrogen-bond acceptors (Lipinski definition) is 3. The molecule has 1 unspecified atom stereocenters. The van der Waals surface area contributed by atoms with Crippen molar-refractivity contribution < 1.29 is 13.9 Å². The van der Waals surface area contributed by atoms with Crippen LogP contribution >= 0.6 is 0 Å². The second-order valence-electron chi connectivity index (χ2n) is 9.34. The molecule has 3 nitrogen and oxygen atoms in total. The maximum atomic E-state index is 14.0. The third-order valence-corrected chi connectivity index (χ3v) is 6.20. The highest BCUT2D eigenvalue weighted by Gasteiger charge is 2.08. The normalized spacial score (nSPS) is 12.0. The first kappa shape index (κ1) is 28.1. The third kappa shape index (κ3) is 12.4. The Morgan fingerprint density at radius 3 is 1.88 bits per heavy atom. The van der Waals surface area contributed by atoms with E-state index in [4.69, 9.17) is 9.47 Å². The van der Waals surface area contributed by atoms with Gasteiger partial charge >= 0.3 is 0 Å². The molecule has 0 spiro atoms. The summed E-state index contributed by atoms with van der Waals surface area (Å²) in [6.45, 7) is 5.29. The molecule has 0 radical (unpaired) electrons. The van der Waals surface area contributed by atoms with E-state index in [0.29, 0.717) is 12.2 Å². The Balaban J connectivity index is 1.61. The lowest BCUT2D eigenvalue weighted by molar-refractivity contribution is 0.183. The predicted molar refractivity (Wildman–Crippen MR) is 142 cm³/mol. The van der Waals surface area contributed by atoms with Crippen molar-refractivity contribution in [2.24, 2.45) is 0 Å². The van der Waals surface area contributed by atoms with E-state index in [2.05, 4.69) is 18.8 Å². The summed E-state index contributed by atoms with van der Waals surface area (Å²) < 4.78 is 25.4. The first-order valence-corrected chi connectivity index (χ1v) is 13.7. The van der Waals surface area contributed by atoms with Gasteiger partial charge in [0.2, 0.25) is 0 Å². The van der Waals surface area contributed by atoms with Crippen LogP contribution in [0.5, 0.6) is 11.5 Å². The monoisotopic (exact) mass is 471 g/mol. The number of pyridine rings is 1. The van der Waals surface area contributed by atoms with Crippen LogP contribution in [0.4, 0.5) is 4.39 Å². The molecule has 0 amide bonds. The summed E-state index contributed by atoms with van der Waals surface area (Å²) in [7, 11) is 0. The number of rotatable bonds is 20. The lowest BCUT2D eigenvalue weighted by Gasteiger charge is -2.11. The van der Waals surface area contributed by atoms with E-state index < -0.39 is 6.17 Å². The number of halogens is 1. The van der Waals surface area contributed by atoms with Gasteiger partial charge < -0.3 is 9.47 Å². The molecule has 0 saturated carbocycles. The van der Waals surface area contributed by atoms with Gasteiger partial charge in [-0.05, 0) is 49.2 Å². The molecular formula is C30H46FNO2. The second kappa shape index (κ2) is 18.3. The Kier molecular flexibility index (Phi) is 15.1. The molecule has 2 rings (SSSR count). The second-order valence-corrected chi connectivity index (χ2v) is 9.34. The van der Waals surface area contributed by atoms with Crippen LogP contribution in [0.1, 0.15) is 104 Å². The molecule has 1 aromatic heterocycles. The number of aromatic nitrogens is 1. The molecule has 0 aliphatic carbocycles. The standard InChI is InChI=1S/C30H46FNO2/c1-3-5-7-9-10-11-12-13-15-23-33-28-19-17-26(18-20-28)30-22-21-29(24-32-30)34-25-27(31)16-14-8-6-4-2/h17-22,24,27H,3-16,23,25H2,1-2H3. The van der Waals surface area contributed by atoms with Gasteiger partial charge in [-0.25, -0.2) is 4.39 Å². The number of hydrogen-bond donors (Lipinski definition) is 0. The van der Waals surface area contributed by atoms with Gasteiger partial charge in [-0.2, -0.15) is 0 Å². The topological polar surface area (TPSA) is 31.4 Å². The minimum absolute atomic E-state index is 0.0954. The molecule has 190 valence electrons. The summed E-state index contributed by atoms with van der Waals surface area (Å²) in [5.41, 5.74) is 1.90. The van der Waals surface area contributed by atoms with Crippen molar-refractivity contribution in [1.29, 1.82) is 0 Å². The molecule has 2 aromatic rings. The van der Waals surface area contributed by atoms with Crippen molar-refractivity contribution in [2.75, 3.05) is 13.2 Å². The van der Waals surface area contributed by atoms with E-state index in [1.165, 1.54) is 64.2 Å². The van der Waals surface area contributed by atoms with Gasteiger partial charge in [0.1, 0.15) is 24.3 Å². The average molecular weight is 472 g/mol. The lowest BCUT2D eigenvalue weighted by Crippen LogP contribution is -2.12. The van der Waals surface area contributed by atoms with Crippen molar-refractivity contribution in [1.82, 2.24) is 4.98 Å². The van der Waals surface area contributed by atoms with E-state index in [-0.39, 0.29) is 6.61 Å². The molecular weight excluding hydrogens is 425 g/mol. The minimum Gasteiger partial charge on any atom is -0.494 e. The van der Waals surface area contributed by atoms with Crippen LogP contribution in [0, 0.1) is 0 Å². The molecule has 0 aliphatic rings. The summed E-state index contributed by atoms with van der Waals surface area (Å²) in [5.74, 6) is 1.51. The molecule has 4 heteroatoms. The van der Waals surface area contributed by atoms with Crippen LogP contribution in [0.15, 0.2) is 42.6 Å². The summed E-state index contributed by atoms with van der Waals surface area (Å²) in [6.07, 6.45) is 17.5. The molecule has 0 fully saturated rings. The number of alkyl halides is 1.